The van der Waals surface area contributed by atoms with Gasteiger partial charge in [-0.25, -0.2) is 0 Å². The van der Waals surface area contributed by atoms with Gasteiger partial charge in [0.2, 0.25) is 11.8 Å². The average molecular weight is 503 g/mol. The van der Waals surface area contributed by atoms with E-state index in [0.29, 0.717) is 22.6 Å². The number of aryl methyl sites for hydroxylation is 4. The summed E-state index contributed by atoms with van der Waals surface area (Å²) in [5, 5.41) is 21.9. The molecule has 2 amide bonds. The minimum atomic E-state index is -1.68. The summed E-state index contributed by atoms with van der Waals surface area (Å²) in [6, 6.07) is 14.7. The Bertz CT molecular complexity index is 1370. The first-order chi connectivity index (χ1) is 17.4. The van der Waals surface area contributed by atoms with Gasteiger partial charge in [-0.2, -0.15) is 5.10 Å². The zero-order valence-corrected chi connectivity index (χ0v) is 22.1. The third-order valence-corrected chi connectivity index (χ3v) is 7.54. The normalized spacial score (nSPS) is 23.5. The summed E-state index contributed by atoms with van der Waals surface area (Å²) in [6.45, 7) is 8.88. The Morgan fingerprint density at radius 1 is 0.946 bits per heavy atom. The topological polar surface area (TPSA) is 113 Å². The summed E-state index contributed by atoms with van der Waals surface area (Å²) in [5.41, 5.74) is 3.21. The highest BCUT2D eigenvalue weighted by molar-refractivity contribution is 6.10. The third kappa shape index (κ3) is 4.93. The number of rotatable bonds is 5. The van der Waals surface area contributed by atoms with Crippen LogP contribution in [-0.4, -0.2) is 38.1 Å². The van der Waals surface area contributed by atoms with Gasteiger partial charge in [0.1, 0.15) is 11.7 Å². The van der Waals surface area contributed by atoms with Crippen molar-refractivity contribution in [3.8, 4) is 0 Å². The molecule has 3 aromatic rings. The van der Waals surface area contributed by atoms with Crippen LogP contribution in [0.1, 0.15) is 47.3 Å². The van der Waals surface area contributed by atoms with Crippen LogP contribution < -0.4 is 10.6 Å². The molecule has 1 aromatic heterocycles. The molecule has 3 N–H and O–H groups in total. The first kappa shape index (κ1) is 26.3. The van der Waals surface area contributed by atoms with E-state index in [0.717, 1.165) is 16.8 Å². The van der Waals surface area contributed by atoms with E-state index in [2.05, 4.69) is 15.7 Å². The van der Waals surface area contributed by atoms with Crippen LogP contribution in [0, 0.1) is 39.5 Å². The Hall–Kier alpha value is -3.78. The predicted octanol–water partition coefficient (Wildman–Crippen LogP) is 3.97. The van der Waals surface area contributed by atoms with Crippen molar-refractivity contribution in [3.05, 3.63) is 76.6 Å². The van der Waals surface area contributed by atoms with E-state index >= 15 is 0 Å². The maximum Gasteiger partial charge on any atom is 0.235 e. The van der Waals surface area contributed by atoms with E-state index < -0.39 is 41.0 Å². The molecule has 0 saturated heterocycles. The minimum absolute atomic E-state index is 0.320. The molecule has 1 saturated carbocycles. The highest BCUT2D eigenvalue weighted by Gasteiger charge is 2.57. The number of Topliss-reactive ketones (excluding diaryl/α,β-unsaturated/α-hetero) is 1. The van der Waals surface area contributed by atoms with Crippen molar-refractivity contribution in [1.82, 2.24) is 9.78 Å². The lowest BCUT2D eigenvalue weighted by Crippen LogP contribution is -2.56. The summed E-state index contributed by atoms with van der Waals surface area (Å²) in [7, 11) is 1.78. The summed E-state index contributed by atoms with van der Waals surface area (Å²) in [6.07, 6.45) is -0.320. The molecule has 194 valence electrons. The second-order valence-corrected chi connectivity index (χ2v) is 10.3. The van der Waals surface area contributed by atoms with Crippen LogP contribution in [0.3, 0.4) is 0 Å². The van der Waals surface area contributed by atoms with Gasteiger partial charge >= 0.3 is 0 Å². The molecule has 8 heteroatoms. The first-order valence-corrected chi connectivity index (χ1v) is 12.4. The number of para-hydroxylation sites is 2. The summed E-state index contributed by atoms with van der Waals surface area (Å²) >= 11 is 0. The molecule has 2 aromatic carbocycles. The van der Waals surface area contributed by atoms with Crippen molar-refractivity contribution in [3.63, 3.8) is 0 Å². The first-order valence-electron chi connectivity index (χ1n) is 12.4. The van der Waals surface area contributed by atoms with E-state index in [1.807, 2.05) is 51.1 Å². The van der Waals surface area contributed by atoms with E-state index in [4.69, 9.17) is 0 Å². The van der Waals surface area contributed by atoms with Crippen molar-refractivity contribution in [2.45, 2.75) is 52.6 Å². The number of hydrogen-bond acceptors (Lipinski definition) is 5. The monoisotopic (exact) mass is 502 g/mol. The Labute approximate surface area is 217 Å². The Morgan fingerprint density at radius 2 is 1.46 bits per heavy atom. The second kappa shape index (κ2) is 9.94. The van der Waals surface area contributed by atoms with E-state index in [-0.39, 0.29) is 6.42 Å². The van der Waals surface area contributed by atoms with Crippen molar-refractivity contribution < 1.29 is 19.5 Å². The van der Waals surface area contributed by atoms with Crippen molar-refractivity contribution in [1.29, 1.82) is 0 Å². The smallest absolute Gasteiger partial charge is 0.235 e. The standard InChI is InChI=1S/C29H34N4O4/c1-16-11-7-9-13-20(16)30-27(35)24-22(34)15-29(5,37)26(25(24)23-18(3)32-33(6)19(23)4)28(36)31-21-14-10-8-12-17(21)2/h7-14,24-26,37H,15H2,1-6H3,(H,30,35)(H,31,36)/t24-,25-,26+,29+/m1/s1. The molecule has 0 radical (unpaired) electrons. The summed E-state index contributed by atoms with van der Waals surface area (Å²) in [5.74, 6) is -4.56. The summed E-state index contributed by atoms with van der Waals surface area (Å²) in [4.78, 5) is 41.2. The van der Waals surface area contributed by atoms with Crippen LogP contribution in [0.15, 0.2) is 48.5 Å². The molecular formula is C29H34N4O4. The average Bonchev–Trinajstić information content (AvgIpc) is 3.06. The van der Waals surface area contributed by atoms with Crippen molar-refractivity contribution in [2.75, 3.05) is 10.6 Å². The van der Waals surface area contributed by atoms with Gasteiger partial charge in [-0.3, -0.25) is 19.1 Å². The lowest BCUT2D eigenvalue weighted by molar-refractivity contribution is -0.150. The van der Waals surface area contributed by atoms with Gasteiger partial charge < -0.3 is 15.7 Å². The number of ketones is 1. The van der Waals surface area contributed by atoms with Crippen LogP contribution in [0.5, 0.6) is 0 Å². The number of amides is 2. The van der Waals surface area contributed by atoms with Gasteiger partial charge in [0, 0.05) is 42.0 Å². The molecule has 4 atom stereocenters. The molecule has 37 heavy (non-hydrogen) atoms. The number of aliphatic hydroxyl groups is 1. The molecule has 8 nitrogen and oxygen atoms in total. The highest BCUT2D eigenvalue weighted by atomic mass is 16.3. The number of aromatic nitrogens is 2. The van der Waals surface area contributed by atoms with Crippen LogP contribution in [0.4, 0.5) is 11.4 Å². The maximum absolute atomic E-state index is 13.9. The van der Waals surface area contributed by atoms with Crippen molar-refractivity contribution >= 4 is 29.0 Å². The fraction of sp³-hybridized carbons (Fsp3) is 0.379. The number of anilines is 2. The van der Waals surface area contributed by atoms with Gasteiger partial charge in [-0.15, -0.1) is 0 Å². The maximum atomic E-state index is 13.9. The fourth-order valence-corrected chi connectivity index (χ4v) is 5.56. The Morgan fingerprint density at radius 3 is 1.95 bits per heavy atom. The molecule has 1 fully saturated rings. The molecule has 1 aliphatic rings. The Kier molecular flexibility index (Phi) is 7.06. The zero-order chi connectivity index (χ0) is 27.1. The molecule has 0 aliphatic heterocycles. The van der Waals surface area contributed by atoms with Crippen LogP contribution in [-0.2, 0) is 21.4 Å². The quantitative estimate of drug-likeness (QED) is 0.457. The predicted molar refractivity (Wildman–Crippen MR) is 142 cm³/mol. The second-order valence-electron chi connectivity index (χ2n) is 10.3. The number of carbonyl (C=O) groups excluding carboxylic acids is 3. The van der Waals surface area contributed by atoms with Crippen LogP contribution in [0.2, 0.25) is 0 Å². The fourth-order valence-electron chi connectivity index (χ4n) is 5.56. The van der Waals surface area contributed by atoms with Crippen LogP contribution in [0.25, 0.3) is 0 Å². The number of nitrogens with one attached hydrogen (secondary N) is 2. The van der Waals surface area contributed by atoms with Crippen molar-refractivity contribution in [2.24, 2.45) is 18.9 Å². The molecule has 0 spiro atoms. The number of carbonyl (C=O) groups is 3. The number of nitrogens with zero attached hydrogens (tertiary/aromatic N) is 2. The highest BCUT2D eigenvalue weighted by Crippen LogP contribution is 2.48. The van der Waals surface area contributed by atoms with Gasteiger partial charge in [-0.05, 0) is 57.9 Å². The number of hydrogen-bond donors (Lipinski definition) is 3. The lowest BCUT2D eigenvalue weighted by Gasteiger charge is -2.44. The lowest BCUT2D eigenvalue weighted by atomic mass is 9.60. The molecule has 0 unspecified atom stereocenters. The molecule has 4 rings (SSSR count). The minimum Gasteiger partial charge on any atom is -0.389 e. The Balaban J connectivity index is 1.84. The van der Waals surface area contributed by atoms with E-state index in [9.17, 15) is 19.5 Å². The third-order valence-electron chi connectivity index (χ3n) is 7.54. The van der Waals surface area contributed by atoms with Gasteiger partial charge in [0.15, 0.2) is 0 Å². The van der Waals surface area contributed by atoms with Gasteiger partial charge in [0.05, 0.1) is 17.2 Å². The van der Waals surface area contributed by atoms with E-state index in [1.165, 1.54) is 6.92 Å². The molecule has 1 aliphatic carbocycles. The SMILES string of the molecule is Cc1ccccc1NC(=O)[C@@H]1C(=O)C[C@](C)(O)[C@H](C(=O)Nc2ccccc2C)[C@@H]1c1c(C)nn(C)c1C. The van der Waals surface area contributed by atoms with Crippen LogP contribution >= 0.6 is 0 Å². The molecule has 1 heterocycles. The summed E-state index contributed by atoms with van der Waals surface area (Å²) < 4.78 is 1.67. The molecule has 0 bridgehead atoms. The zero-order valence-electron chi connectivity index (χ0n) is 22.1. The number of benzene rings is 2. The largest absolute Gasteiger partial charge is 0.389 e. The van der Waals surface area contributed by atoms with Gasteiger partial charge in [-0.1, -0.05) is 36.4 Å². The van der Waals surface area contributed by atoms with E-state index in [1.54, 1.807) is 36.9 Å². The molecular weight excluding hydrogens is 468 g/mol. The van der Waals surface area contributed by atoms with Gasteiger partial charge in [0.25, 0.3) is 0 Å².